The van der Waals surface area contributed by atoms with Gasteiger partial charge in [0.15, 0.2) is 12.5 Å². The van der Waals surface area contributed by atoms with Crippen molar-refractivity contribution in [3.8, 4) is 0 Å². The summed E-state index contributed by atoms with van der Waals surface area (Å²) in [6, 6.07) is 9.62. The molecule has 0 aromatic heterocycles. The van der Waals surface area contributed by atoms with Gasteiger partial charge in [0.1, 0.15) is 12.2 Å². The molecule has 1 heterocycles. The van der Waals surface area contributed by atoms with Crippen LogP contribution in [-0.2, 0) is 20.8 Å². The molecule has 0 spiro atoms. The van der Waals surface area contributed by atoms with Crippen molar-refractivity contribution in [1.29, 1.82) is 0 Å². The van der Waals surface area contributed by atoms with Crippen LogP contribution in [0.2, 0.25) is 0 Å². The zero-order valence-corrected chi connectivity index (χ0v) is 10.2. The largest absolute Gasteiger partial charge is 0.387 e. The van der Waals surface area contributed by atoms with Crippen LogP contribution in [0.5, 0.6) is 0 Å². The maximum atomic E-state index is 13.4. The molecular weight excluding hydrogens is 239 g/mol. The van der Waals surface area contributed by atoms with Crippen LogP contribution in [0.1, 0.15) is 5.56 Å². The van der Waals surface area contributed by atoms with Gasteiger partial charge in [-0.15, -0.1) is 0 Å². The summed E-state index contributed by atoms with van der Waals surface area (Å²) in [4.78, 5) is 0. The van der Waals surface area contributed by atoms with Crippen molar-refractivity contribution >= 4 is 0 Å². The standard InChI is InChI=1S/C13H17FO4/c1-16-13-11(14)12(15)10(18-13)8-17-7-9-5-3-2-4-6-9/h2-6,10-13,15H,7-8H2,1H3/t10-,11-,12-,13-/m1/s1. The Hall–Kier alpha value is -1.01. The van der Waals surface area contributed by atoms with Crippen LogP contribution in [-0.4, -0.2) is 43.5 Å². The molecule has 1 N–H and O–H groups in total. The van der Waals surface area contributed by atoms with E-state index in [1.165, 1.54) is 7.11 Å². The molecule has 1 aromatic carbocycles. The number of hydrogen-bond acceptors (Lipinski definition) is 4. The fraction of sp³-hybridized carbons (Fsp3) is 0.538. The number of alkyl halides is 1. The first-order valence-electron chi connectivity index (χ1n) is 5.84. The van der Waals surface area contributed by atoms with Gasteiger partial charge in [0, 0.05) is 7.11 Å². The molecule has 0 radical (unpaired) electrons. The molecule has 0 unspecified atom stereocenters. The summed E-state index contributed by atoms with van der Waals surface area (Å²) >= 11 is 0. The first kappa shape index (κ1) is 13.4. The number of aliphatic hydroxyl groups excluding tert-OH is 1. The normalized spacial score (nSPS) is 31.7. The van der Waals surface area contributed by atoms with Crippen molar-refractivity contribution in [2.24, 2.45) is 0 Å². The molecule has 1 fully saturated rings. The van der Waals surface area contributed by atoms with E-state index >= 15 is 0 Å². The fourth-order valence-corrected chi connectivity index (χ4v) is 1.88. The predicted octanol–water partition coefficient (Wildman–Crippen LogP) is 1.27. The van der Waals surface area contributed by atoms with Crippen molar-refractivity contribution in [3.63, 3.8) is 0 Å². The maximum absolute atomic E-state index is 13.4. The average molecular weight is 256 g/mol. The van der Waals surface area contributed by atoms with E-state index in [0.717, 1.165) is 5.56 Å². The Balaban J connectivity index is 1.77. The van der Waals surface area contributed by atoms with Crippen molar-refractivity contribution in [3.05, 3.63) is 35.9 Å². The van der Waals surface area contributed by atoms with Gasteiger partial charge >= 0.3 is 0 Å². The van der Waals surface area contributed by atoms with Gasteiger partial charge < -0.3 is 19.3 Å². The van der Waals surface area contributed by atoms with Gasteiger partial charge in [-0.05, 0) is 5.56 Å². The predicted molar refractivity (Wildman–Crippen MR) is 62.7 cm³/mol. The zero-order chi connectivity index (χ0) is 13.0. The minimum Gasteiger partial charge on any atom is -0.387 e. The van der Waals surface area contributed by atoms with E-state index in [-0.39, 0.29) is 6.61 Å². The van der Waals surface area contributed by atoms with Crippen LogP contribution < -0.4 is 0 Å². The Morgan fingerprint density at radius 3 is 2.67 bits per heavy atom. The molecular formula is C13H17FO4. The van der Waals surface area contributed by atoms with E-state index < -0.39 is 24.7 Å². The molecule has 5 heteroatoms. The number of halogens is 1. The third-order valence-electron chi connectivity index (χ3n) is 2.90. The van der Waals surface area contributed by atoms with E-state index in [1.807, 2.05) is 30.3 Å². The molecule has 0 aliphatic carbocycles. The molecule has 1 aliphatic heterocycles. The SMILES string of the molecule is CO[C@@H]1O[C@H](COCc2ccccc2)[C@@H](O)[C@H]1F. The van der Waals surface area contributed by atoms with Crippen LogP contribution in [0.15, 0.2) is 30.3 Å². The minimum absolute atomic E-state index is 0.135. The van der Waals surface area contributed by atoms with Crippen molar-refractivity contribution in [2.45, 2.75) is 31.3 Å². The summed E-state index contributed by atoms with van der Waals surface area (Å²) in [5.41, 5.74) is 1.02. The van der Waals surface area contributed by atoms with Gasteiger partial charge in [-0.3, -0.25) is 0 Å². The Bertz CT molecular complexity index is 359. The minimum atomic E-state index is -1.53. The molecule has 4 nitrogen and oxygen atoms in total. The third-order valence-corrected chi connectivity index (χ3v) is 2.90. The van der Waals surface area contributed by atoms with Crippen LogP contribution >= 0.6 is 0 Å². The summed E-state index contributed by atoms with van der Waals surface area (Å²) in [5.74, 6) is 0. The van der Waals surface area contributed by atoms with E-state index in [9.17, 15) is 9.50 Å². The highest BCUT2D eigenvalue weighted by Gasteiger charge is 2.44. The zero-order valence-electron chi connectivity index (χ0n) is 10.2. The molecule has 18 heavy (non-hydrogen) atoms. The topological polar surface area (TPSA) is 47.9 Å². The lowest BCUT2D eigenvalue weighted by Crippen LogP contribution is -2.32. The van der Waals surface area contributed by atoms with E-state index in [0.29, 0.717) is 6.61 Å². The van der Waals surface area contributed by atoms with E-state index in [2.05, 4.69) is 0 Å². The Kier molecular flexibility index (Phi) is 4.66. The molecule has 4 atom stereocenters. The molecule has 100 valence electrons. The number of aliphatic hydroxyl groups is 1. The second-order valence-electron chi connectivity index (χ2n) is 4.21. The highest BCUT2D eigenvalue weighted by Crippen LogP contribution is 2.24. The molecule has 1 saturated heterocycles. The van der Waals surface area contributed by atoms with Crippen LogP contribution in [0, 0.1) is 0 Å². The van der Waals surface area contributed by atoms with Gasteiger partial charge in [0.05, 0.1) is 13.2 Å². The number of methoxy groups -OCH3 is 1. The highest BCUT2D eigenvalue weighted by molar-refractivity contribution is 5.13. The van der Waals surface area contributed by atoms with Crippen molar-refractivity contribution in [1.82, 2.24) is 0 Å². The second-order valence-corrected chi connectivity index (χ2v) is 4.21. The quantitative estimate of drug-likeness (QED) is 0.862. The Labute approximate surface area is 105 Å². The van der Waals surface area contributed by atoms with Gasteiger partial charge in [-0.1, -0.05) is 30.3 Å². The lowest BCUT2D eigenvalue weighted by atomic mass is 10.2. The summed E-state index contributed by atoms with van der Waals surface area (Å²) in [6.45, 7) is 0.540. The lowest BCUT2D eigenvalue weighted by Gasteiger charge is -2.14. The van der Waals surface area contributed by atoms with Gasteiger partial charge in [-0.25, -0.2) is 4.39 Å². The number of rotatable bonds is 5. The lowest BCUT2D eigenvalue weighted by molar-refractivity contribution is -0.146. The summed E-state index contributed by atoms with van der Waals surface area (Å²) in [6.07, 6.45) is -4.43. The molecule has 2 rings (SSSR count). The summed E-state index contributed by atoms with van der Waals surface area (Å²) < 4.78 is 28.8. The van der Waals surface area contributed by atoms with Gasteiger partial charge in [0.25, 0.3) is 0 Å². The monoisotopic (exact) mass is 256 g/mol. The molecule has 1 aromatic rings. The molecule has 1 aliphatic rings. The Morgan fingerprint density at radius 1 is 1.33 bits per heavy atom. The first-order chi connectivity index (χ1) is 8.72. The average Bonchev–Trinajstić information content (AvgIpc) is 2.68. The van der Waals surface area contributed by atoms with Crippen LogP contribution in [0.3, 0.4) is 0 Å². The molecule has 0 amide bonds. The summed E-state index contributed by atoms with van der Waals surface area (Å²) in [7, 11) is 1.34. The van der Waals surface area contributed by atoms with E-state index in [1.54, 1.807) is 0 Å². The van der Waals surface area contributed by atoms with Gasteiger partial charge in [0.2, 0.25) is 0 Å². The smallest absolute Gasteiger partial charge is 0.191 e. The highest BCUT2D eigenvalue weighted by atomic mass is 19.1. The Morgan fingerprint density at radius 2 is 2.06 bits per heavy atom. The van der Waals surface area contributed by atoms with Crippen molar-refractivity contribution in [2.75, 3.05) is 13.7 Å². The third kappa shape index (κ3) is 3.05. The van der Waals surface area contributed by atoms with Crippen LogP contribution in [0.4, 0.5) is 4.39 Å². The maximum Gasteiger partial charge on any atom is 0.191 e. The van der Waals surface area contributed by atoms with Crippen LogP contribution in [0.25, 0.3) is 0 Å². The number of ether oxygens (including phenoxy) is 3. The fourth-order valence-electron chi connectivity index (χ4n) is 1.88. The molecule has 0 bridgehead atoms. The second kappa shape index (κ2) is 6.24. The van der Waals surface area contributed by atoms with E-state index in [4.69, 9.17) is 14.2 Å². The number of hydrogen-bond donors (Lipinski definition) is 1. The number of benzene rings is 1. The first-order valence-corrected chi connectivity index (χ1v) is 5.84. The molecule has 0 saturated carbocycles. The summed E-state index contributed by atoms with van der Waals surface area (Å²) in [5, 5.41) is 9.60. The van der Waals surface area contributed by atoms with Crippen molar-refractivity contribution < 1.29 is 23.7 Å². The van der Waals surface area contributed by atoms with Gasteiger partial charge in [-0.2, -0.15) is 0 Å².